The molecule has 2 aromatic rings. The van der Waals surface area contributed by atoms with Gasteiger partial charge in [-0.2, -0.15) is 0 Å². The number of ether oxygens (including phenoxy) is 1. The van der Waals surface area contributed by atoms with Gasteiger partial charge in [-0.3, -0.25) is 9.59 Å². The monoisotopic (exact) mass is 358 g/mol. The van der Waals surface area contributed by atoms with Crippen LogP contribution in [0.1, 0.15) is 39.8 Å². The fourth-order valence-corrected chi connectivity index (χ4v) is 2.77. The molecule has 1 aliphatic carbocycles. The molecule has 0 saturated heterocycles. The van der Waals surface area contributed by atoms with Crippen molar-refractivity contribution in [3.8, 4) is 0 Å². The summed E-state index contributed by atoms with van der Waals surface area (Å²) in [6.07, 6.45) is 1.08. The Kier molecular flexibility index (Phi) is 5.14. The molecule has 0 aliphatic heterocycles. The Morgan fingerprint density at radius 2 is 2.00 bits per heavy atom. The third-order valence-corrected chi connectivity index (χ3v) is 4.55. The summed E-state index contributed by atoms with van der Waals surface area (Å²) in [6.45, 7) is 1.54. The molecule has 1 unspecified atom stereocenters. The predicted octanol–water partition coefficient (Wildman–Crippen LogP) is 2.82. The molecule has 25 heavy (non-hydrogen) atoms. The van der Waals surface area contributed by atoms with E-state index in [4.69, 9.17) is 4.74 Å². The lowest BCUT2D eigenvalue weighted by Crippen LogP contribution is -2.37. The molecule has 1 aromatic heterocycles. The average molecular weight is 358 g/mol. The van der Waals surface area contributed by atoms with Crippen molar-refractivity contribution >= 4 is 34.8 Å². The normalized spacial score (nSPS) is 14.4. The van der Waals surface area contributed by atoms with Crippen molar-refractivity contribution in [2.24, 2.45) is 0 Å². The SMILES string of the molecule is CC(OC(=O)c1cccc(NC(=O)c2cccs2)c1)C(=O)NC1CC1. The van der Waals surface area contributed by atoms with Gasteiger partial charge in [0.05, 0.1) is 10.4 Å². The molecule has 1 heterocycles. The molecule has 1 aromatic carbocycles. The van der Waals surface area contributed by atoms with Gasteiger partial charge in [-0.25, -0.2) is 4.79 Å². The van der Waals surface area contributed by atoms with Crippen molar-refractivity contribution in [2.45, 2.75) is 31.9 Å². The average Bonchev–Trinajstić information content (AvgIpc) is 3.23. The predicted molar refractivity (Wildman–Crippen MR) is 94.8 cm³/mol. The van der Waals surface area contributed by atoms with Gasteiger partial charge in [-0.05, 0) is 49.4 Å². The summed E-state index contributed by atoms with van der Waals surface area (Å²) in [6, 6.07) is 10.2. The van der Waals surface area contributed by atoms with Gasteiger partial charge in [0.25, 0.3) is 11.8 Å². The molecule has 7 heteroatoms. The first-order chi connectivity index (χ1) is 12.0. The van der Waals surface area contributed by atoms with E-state index in [1.54, 1.807) is 30.3 Å². The summed E-state index contributed by atoms with van der Waals surface area (Å²) < 4.78 is 5.20. The van der Waals surface area contributed by atoms with E-state index >= 15 is 0 Å². The van der Waals surface area contributed by atoms with Crippen LogP contribution in [0.5, 0.6) is 0 Å². The smallest absolute Gasteiger partial charge is 0.338 e. The zero-order valence-electron chi connectivity index (χ0n) is 13.7. The third-order valence-electron chi connectivity index (χ3n) is 3.68. The van der Waals surface area contributed by atoms with Crippen molar-refractivity contribution in [1.82, 2.24) is 5.32 Å². The molecule has 6 nitrogen and oxygen atoms in total. The Hall–Kier alpha value is -2.67. The van der Waals surface area contributed by atoms with Crippen LogP contribution in [0.3, 0.4) is 0 Å². The van der Waals surface area contributed by atoms with E-state index in [2.05, 4.69) is 10.6 Å². The first-order valence-electron chi connectivity index (χ1n) is 7.99. The second-order valence-corrected chi connectivity index (χ2v) is 6.79. The number of amides is 2. The highest BCUT2D eigenvalue weighted by molar-refractivity contribution is 7.12. The van der Waals surface area contributed by atoms with Gasteiger partial charge in [-0.1, -0.05) is 12.1 Å². The lowest BCUT2D eigenvalue weighted by Gasteiger charge is -2.13. The summed E-state index contributed by atoms with van der Waals surface area (Å²) in [5.41, 5.74) is 0.762. The van der Waals surface area contributed by atoms with Crippen LogP contribution < -0.4 is 10.6 Å². The second kappa shape index (κ2) is 7.48. The molecular weight excluding hydrogens is 340 g/mol. The van der Waals surface area contributed by atoms with Crippen LogP contribution in [0.25, 0.3) is 0 Å². The van der Waals surface area contributed by atoms with Crippen molar-refractivity contribution in [2.75, 3.05) is 5.32 Å². The summed E-state index contributed by atoms with van der Waals surface area (Å²) in [7, 11) is 0. The number of hydrogen-bond acceptors (Lipinski definition) is 5. The summed E-state index contributed by atoms with van der Waals surface area (Å²) in [5.74, 6) is -1.14. The van der Waals surface area contributed by atoms with Crippen LogP contribution in [0.2, 0.25) is 0 Å². The van der Waals surface area contributed by atoms with Crippen LogP contribution in [0.4, 0.5) is 5.69 Å². The van der Waals surface area contributed by atoms with Crippen LogP contribution in [-0.4, -0.2) is 29.9 Å². The maximum atomic E-state index is 12.2. The molecule has 1 fully saturated rings. The number of hydrogen-bond donors (Lipinski definition) is 2. The van der Waals surface area contributed by atoms with Gasteiger partial charge in [0, 0.05) is 11.7 Å². The molecule has 3 rings (SSSR count). The van der Waals surface area contributed by atoms with Gasteiger partial charge in [0.2, 0.25) is 0 Å². The van der Waals surface area contributed by atoms with Crippen LogP contribution in [0.15, 0.2) is 41.8 Å². The fourth-order valence-electron chi connectivity index (χ4n) is 2.15. The lowest BCUT2D eigenvalue weighted by atomic mass is 10.2. The Bertz CT molecular complexity index is 784. The minimum Gasteiger partial charge on any atom is -0.449 e. The van der Waals surface area contributed by atoms with Gasteiger partial charge < -0.3 is 15.4 Å². The molecule has 1 saturated carbocycles. The van der Waals surface area contributed by atoms with Crippen molar-refractivity contribution in [3.63, 3.8) is 0 Å². The zero-order valence-corrected chi connectivity index (χ0v) is 14.5. The van der Waals surface area contributed by atoms with E-state index in [-0.39, 0.29) is 23.4 Å². The Labute approximate surface area is 149 Å². The van der Waals surface area contributed by atoms with Crippen molar-refractivity contribution in [3.05, 3.63) is 52.2 Å². The molecule has 1 aliphatic rings. The minimum atomic E-state index is -0.863. The zero-order chi connectivity index (χ0) is 17.8. The number of anilines is 1. The number of nitrogens with one attached hydrogen (secondary N) is 2. The molecule has 1 atom stereocenters. The highest BCUT2D eigenvalue weighted by atomic mass is 32.1. The maximum Gasteiger partial charge on any atom is 0.338 e. The number of carbonyl (C=O) groups excluding carboxylic acids is 3. The number of benzene rings is 1. The first-order valence-corrected chi connectivity index (χ1v) is 8.87. The molecular formula is C18H18N2O4S. The minimum absolute atomic E-state index is 0.212. The second-order valence-electron chi connectivity index (χ2n) is 5.84. The standard InChI is InChI=1S/C18H18N2O4S/c1-11(16(21)19-13-7-8-13)24-18(23)12-4-2-5-14(10-12)20-17(22)15-6-3-9-25-15/h2-6,9-11,13H,7-8H2,1H3,(H,19,21)(H,20,22). The van der Waals surface area contributed by atoms with E-state index in [0.717, 1.165) is 12.8 Å². The van der Waals surface area contributed by atoms with Crippen LogP contribution in [0, 0.1) is 0 Å². The number of thiophene rings is 1. The lowest BCUT2D eigenvalue weighted by molar-refractivity contribution is -0.129. The fraction of sp³-hybridized carbons (Fsp3) is 0.278. The van der Waals surface area contributed by atoms with Gasteiger partial charge in [-0.15, -0.1) is 11.3 Å². The molecule has 0 radical (unpaired) electrons. The maximum absolute atomic E-state index is 12.2. The van der Waals surface area contributed by atoms with Crippen molar-refractivity contribution < 1.29 is 19.1 Å². The Morgan fingerprint density at radius 3 is 2.68 bits per heavy atom. The molecule has 2 amide bonds. The topological polar surface area (TPSA) is 84.5 Å². The van der Waals surface area contributed by atoms with Gasteiger partial charge in [0.1, 0.15) is 0 Å². The Balaban J connectivity index is 1.60. The Morgan fingerprint density at radius 1 is 1.20 bits per heavy atom. The highest BCUT2D eigenvalue weighted by Crippen LogP contribution is 2.19. The number of rotatable bonds is 6. The van der Waals surface area contributed by atoms with E-state index in [9.17, 15) is 14.4 Å². The van der Waals surface area contributed by atoms with E-state index in [0.29, 0.717) is 10.6 Å². The van der Waals surface area contributed by atoms with Gasteiger partial charge in [0.15, 0.2) is 6.10 Å². The molecule has 0 spiro atoms. The largest absolute Gasteiger partial charge is 0.449 e. The van der Waals surface area contributed by atoms with E-state index in [1.165, 1.54) is 24.3 Å². The molecule has 2 N–H and O–H groups in total. The number of esters is 1. The molecule has 0 bridgehead atoms. The summed E-state index contributed by atoms with van der Waals surface area (Å²) in [5, 5.41) is 7.34. The first kappa shape index (κ1) is 17.2. The van der Waals surface area contributed by atoms with Crippen LogP contribution >= 0.6 is 11.3 Å². The van der Waals surface area contributed by atoms with Crippen LogP contribution in [-0.2, 0) is 9.53 Å². The highest BCUT2D eigenvalue weighted by Gasteiger charge is 2.27. The van der Waals surface area contributed by atoms with Crippen molar-refractivity contribution in [1.29, 1.82) is 0 Å². The molecule has 130 valence electrons. The summed E-state index contributed by atoms with van der Waals surface area (Å²) >= 11 is 1.33. The number of carbonyl (C=O) groups is 3. The van der Waals surface area contributed by atoms with E-state index < -0.39 is 12.1 Å². The summed E-state index contributed by atoms with van der Waals surface area (Å²) in [4.78, 5) is 36.7. The van der Waals surface area contributed by atoms with E-state index in [1.807, 2.05) is 5.38 Å². The van der Waals surface area contributed by atoms with Gasteiger partial charge >= 0.3 is 5.97 Å². The third kappa shape index (κ3) is 4.67. The quantitative estimate of drug-likeness (QED) is 0.778.